The maximum absolute atomic E-state index is 13.5. The molecular weight excluding hydrogens is 444 g/mol. The minimum atomic E-state index is -0.563. The van der Waals surface area contributed by atoms with Crippen LogP contribution in [0, 0.1) is 0 Å². The molecule has 8 heteroatoms. The first kappa shape index (κ1) is 23.2. The van der Waals surface area contributed by atoms with E-state index < -0.39 is 17.7 Å². The van der Waals surface area contributed by atoms with Crippen molar-refractivity contribution in [3.63, 3.8) is 0 Å². The molecule has 3 aromatic carbocycles. The molecule has 3 N–H and O–H groups in total. The van der Waals surface area contributed by atoms with Gasteiger partial charge in [0.2, 0.25) is 0 Å². The van der Waals surface area contributed by atoms with Gasteiger partial charge < -0.3 is 15.4 Å². The molecule has 0 unspecified atom stereocenters. The van der Waals surface area contributed by atoms with E-state index in [1.54, 1.807) is 97.3 Å². The van der Waals surface area contributed by atoms with Crippen LogP contribution in [-0.4, -0.2) is 24.8 Å². The molecule has 0 aliphatic rings. The van der Waals surface area contributed by atoms with Crippen molar-refractivity contribution in [1.82, 2.24) is 0 Å². The summed E-state index contributed by atoms with van der Waals surface area (Å²) in [5, 5.41) is 5.56. The smallest absolute Gasteiger partial charge is 0.309 e. The second kappa shape index (κ2) is 10.8. The predicted molar refractivity (Wildman–Crippen MR) is 132 cm³/mol. The summed E-state index contributed by atoms with van der Waals surface area (Å²) in [5.74, 6) is -1.14. The fourth-order valence-electron chi connectivity index (χ4n) is 3.42. The second-order valence-corrected chi connectivity index (χ2v) is 7.43. The van der Waals surface area contributed by atoms with E-state index in [2.05, 4.69) is 16.1 Å². The SMILES string of the molecule is COc1ccc(NC(=O)c2ccccc2)c(C(=O)N[n+]2ccccc2)c1NC(=O)c1ccccc1. The van der Waals surface area contributed by atoms with E-state index in [4.69, 9.17) is 4.74 Å². The quantitative estimate of drug-likeness (QED) is 0.359. The summed E-state index contributed by atoms with van der Waals surface area (Å²) >= 11 is 0. The molecule has 4 aromatic rings. The normalized spacial score (nSPS) is 10.2. The Kier molecular flexibility index (Phi) is 7.13. The average Bonchev–Trinajstić information content (AvgIpc) is 2.90. The lowest BCUT2D eigenvalue weighted by atomic mass is 10.1. The predicted octanol–water partition coefficient (Wildman–Crippen LogP) is 3.87. The first-order chi connectivity index (χ1) is 17.1. The number of hydrogen-bond acceptors (Lipinski definition) is 4. The van der Waals surface area contributed by atoms with Crippen molar-refractivity contribution in [1.29, 1.82) is 0 Å². The van der Waals surface area contributed by atoms with Gasteiger partial charge in [-0.1, -0.05) is 47.1 Å². The number of ether oxygens (including phenoxy) is 1. The number of rotatable bonds is 7. The van der Waals surface area contributed by atoms with E-state index in [1.807, 2.05) is 6.07 Å². The number of nitrogens with one attached hydrogen (secondary N) is 3. The highest BCUT2D eigenvalue weighted by Crippen LogP contribution is 2.35. The van der Waals surface area contributed by atoms with Crippen LogP contribution in [0.2, 0.25) is 0 Å². The number of pyridine rings is 1. The van der Waals surface area contributed by atoms with Gasteiger partial charge >= 0.3 is 5.91 Å². The Labute approximate surface area is 202 Å². The number of anilines is 2. The number of carbonyl (C=O) groups is 3. The molecule has 4 rings (SSSR count). The summed E-state index contributed by atoms with van der Waals surface area (Å²) in [4.78, 5) is 39.3. The summed E-state index contributed by atoms with van der Waals surface area (Å²) in [6, 6.07) is 25.7. The summed E-state index contributed by atoms with van der Waals surface area (Å²) in [6.07, 6.45) is 3.31. The molecule has 0 saturated heterocycles. The molecule has 35 heavy (non-hydrogen) atoms. The Hall–Kier alpha value is -4.98. The van der Waals surface area contributed by atoms with Crippen molar-refractivity contribution >= 4 is 29.1 Å². The van der Waals surface area contributed by atoms with Gasteiger partial charge in [0.1, 0.15) is 5.75 Å². The summed E-state index contributed by atoms with van der Waals surface area (Å²) < 4.78 is 6.92. The number of hydrogen-bond donors (Lipinski definition) is 3. The molecule has 8 nitrogen and oxygen atoms in total. The van der Waals surface area contributed by atoms with Gasteiger partial charge in [0, 0.05) is 23.3 Å². The van der Waals surface area contributed by atoms with E-state index in [1.165, 1.54) is 11.8 Å². The van der Waals surface area contributed by atoms with E-state index in [9.17, 15) is 14.4 Å². The molecule has 0 aliphatic carbocycles. The number of amides is 3. The van der Waals surface area contributed by atoms with Crippen LogP contribution in [0.1, 0.15) is 31.1 Å². The molecule has 1 heterocycles. The lowest BCUT2D eigenvalue weighted by Gasteiger charge is -2.18. The van der Waals surface area contributed by atoms with Gasteiger partial charge in [0.05, 0.1) is 24.0 Å². The van der Waals surface area contributed by atoms with Crippen LogP contribution < -0.4 is 25.5 Å². The first-order valence-electron chi connectivity index (χ1n) is 10.8. The molecule has 0 radical (unpaired) electrons. The van der Waals surface area contributed by atoms with Gasteiger partial charge in [0.25, 0.3) is 11.8 Å². The molecule has 3 amide bonds. The maximum Gasteiger partial charge on any atom is 0.309 e. The molecule has 0 saturated carbocycles. The van der Waals surface area contributed by atoms with Crippen LogP contribution in [-0.2, 0) is 0 Å². The van der Waals surface area contributed by atoms with Crippen LogP contribution in [0.5, 0.6) is 5.75 Å². The monoisotopic (exact) mass is 467 g/mol. The van der Waals surface area contributed by atoms with E-state index in [0.29, 0.717) is 11.1 Å². The molecule has 0 fully saturated rings. The standard InChI is InChI=1S/C27H22N4O4/c1-35-22-16-15-21(28-25(32)19-11-5-2-6-12-19)23(27(34)30-31-17-9-4-10-18-31)24(22)29-26(33)20-13-7-3-8-14-20/h2-18H,1H3,(H2-,28,29,30,32,33,34)/p+1. The minimum Gasteiger partial charge on any atom is -0.495 e. The van der Waals surface area contributed by atoms with Crippen molar-refractivity contribution < 1.29 is 23.8 Å². The number of aromatic nitrogens is 1. The third-order valence-electron chi connectivity index (χ3n) is 5.12. The molecule has 0 bridgehead atoms. The van der Waals surface area contributed by atoms with Crippen molar-refractivity contribution in [3.8, 4) is 5.75 Å². The average molecular weight is 468 g/mol. The topological polar surface area (TPSA) is 100 Å². The third-order valence-corrected chi connectivity index (χ3v) is 5.12. The lowest BCUT2D eigenvalue weighted by molar-refractivity contribution is -0.641. The number of carbonyl (C=O) groups excluding carboxylic acids is 3. The van der Waals surface area contributed by atoms with Gasteiger partial charge in [-0.05, 0) is 36.4 Å². The molecule has 0 aliphatic heterocycles. The molecule has 174 valence electrons. The number of nitrogens with zero attached hydrogens (tertiary/aromatic N) is 1. The molecule has 1 aromatic heterocycles. The fraction of sp³-hybridized carbons (Fsp3) is 0.0370. The van der Waals surface area contributed by atoms with Gasteiger partial charge in [-0.15, -0.1) is 5.43 Å². The lowest BCUT2D eigenvalue weighted by Crippen LogP contribution is -2.47. The minimum absolute atomic E-state index is 0.0364. The van der Waals surface area contributed by atoms with Crippen LogP contribution >= 0.6 is 0 Å². The summed E-state index contributed by atoms with van der Waals surface area (Å²) in [5.41, 5.74) is 3.92. The highest BCUT2D eigenvalue weighted by molar-refractivity contribution is 6.17. The largest absolute Gasteiger partial charge is 0.495 e. The van der Waals surface area contributed by atoms with Crippen molar-refractivity contribution in [2.75, 3.05) is 23.2 Å². The highest BCUT2D eigenvalue weighted by Gasteiger charge is 2.26. The Morgan fingerprint density at radius 2 is 1.20 bits per heavy atom. The summed E-state index contributed by atoms with van der Waals surface area (Å²) in [6.45, 7) is 0. The van der Waals surface area contributed by atoms with Crippen LogP contribution in [0.15, 0.2) is 103 Å². The molecule has 0 spiro atoms. The third kappa shape index (κ3) is 5.51. The zero-order valence-corrected chi connectivity index (χ0v) is 18.9. The van der Waals surface area contributed by atoms with Crippen molar-refractivity contribution in [3.05, 3.63) is 120 Å². The van der Waals surface area contributed by atoms with E-state index in [0.717, 1.165) is 0 Å². The number of methoxy groups -OCH3 is 1. The highest BCUT2D eigenvalue weighted by atomic mass is 16.5. The van der Waals surface area contributed by atoms with Gasteiger partial charge in [-0.3, -0.25) is 14.4 Å². The zero-order chi connectivity index (χ0) is 24.6. The fourth-order valence-corrected chi connectivity index (χ4v) is 3.42. The van der Waals surface area contributed by atoms with Gasteiger partial charge in [-0.2, -0.15) is 0 Å². The van der Waals surface area contributed by atoms with Crippen molar-refractivity contribution in [2.24, 2.45) is 0 Å². The summed E-state index contributed by atoms with van der Waals surface area (Å²) in [7, 11) is 1.43. The van der Waals surface area contributed by atoms with E-state index >= 15 is 0 Å². The van der Waals surface area contributed by atoms with Crippen LogP contribution in [0.3, 0.4) is 0 Å². The van der Waals surface area contributed by atoms with Crippen LogP contribution in [0.25, 0.3) is 0 Å². The van der Waals surface area contributed by atoms with Gasteiger partial charge in [-0.25, -0.2) is 0 Å². The second-order valence-electron chi connectivity index (χ2n) is 7.43. The van der Waals surface area contributed by atoms with Gasteiger partial charge in [0.15, 0.2) is 12.4 Å². The number of benzene rings is 3. The Balaban J connectivity index is 1.77. The maximum atomic E-state index is 13.5. The van der Waals surface area contributed by atoms with Crippen LogP contribution in [0.4, 0.5) is 11.4 Å². The first-order valence-corrected chi connectivity index (χ1v) is 10.8. The van der Waals surface area contributed by atoms with Crippen molar-refractivity contribution in [2.45, 2.75) is 0 Å². The molecular formula is C27H23N4O4+. The Morgan fingerprint density at radius 3 is 1.77 bits per heavy atom. The molecule has 0 atom stereocenters. The van der Waals surface area contributed by atoms with E-state index in [-0.39, 0.29) is 22.7 Å². The zero-order valence-electron chi connectivity index (χ0n) is 18.9. The Bertz CT molecular complexity index is 1340. The Morgan fingerprint density at radius 1 is 0.657 bits per heavy atom.